The number of amides is 3. The number of hydrogen-bond acceptors (Lipinski definition) is 3. The highest BCUT2D eigenvalue weighted by Gasteiger charge is 2.45. The first-order chi connectivity index (χ1) is 15.0. The van der Waals surface area contributed by atoms with Crippen LogP contribution in [0, 0.1) is 10.8 Å². The van der Waals surface area contributed by atoms with E-state index in [0.717, 1.165) is 13.1 Å². The van der Waals surface area contributed by atoms with Crippen molar-refractivity contribution in [3.63, 3.8) is 0 Å². The van der Waals surface area contributed by atoms with Gasteiger partial charge in [0.15, 0.2) is 0 Å². The summed E-state index contributed by atoms with van der Waals surface area (Å²) in [7, 11) is 1.78. The zero-order chi connectivity index (χ0) is 23.5. The molecule has 0 aliphatic carbocycles. The Balaban J connectivity index is 1.96. The van der Waals surface area contributed by atoms with Crippen LogP contribution in [0.2, 0.25) is 0 Å². The van der Waals surface area contributed by atoms with Crippen molar-refractivity contribution in [3.8, 4) is 0 Å². The predicted molar refractivity (Wildman–Crippen MR) is 129 cm³/mol. The van der Waals surface area contributed by atoms with E-state index in [1.165, 1.54) is 16.0 Å². The minimum absolute atomic E-state index is 0.0156. The normalized spacial score (nSPS) is 17.7. The Morgan fingerprint density at radius 1 is 0.906 bits per heavy atom. The Morgan fingerprint density at radius 2 is 1.38 bits per heavy atom. The summed E-state index contributed by atoms with van der Waals surface area (Å²) < 4.78 is 0. The molecule has 0 saturated carbocycles. The average Bonchev–Trinajstić information content (AvgIpc) is 2.72. The summed E-state index contributed by atoms with van der Waals surface area (Å²) in [5, 5.41) is 0. The molecule has 0 spiro atoms. The number of hydrogen-bond donors (Lipinski definition) is 0. The molecule has 0 bridgehead atoms. The lowest BCUT2D eigenvalue weighted by Crippen LogP contribution is -2.62. The summed E-state index contributed by atoms with van der Waals surface area (Å²) in [5.74, 6) is -0.0887. The monoisotopic (exact) mass is 435 g/mol. The molecule has 1 atom stereocenters. The second kappa shape index (κ2) is 9.45. The highest BCUT2D eigenvalue weighted by molar-refractivity contribution is 5.99. The molecule has 0 unspecified atom stereocenters. The first-order valence-electron chi connectivity index (χ1n) is 11.4. The van der Waals surface area contributed by atoms with Gasteiger partial charge in [-0.15, -0.1) is 0 Å². The number of nitrogens with zero attached hydrogens (tertiary/aromatic N) is 3. The number of rotatable bonds is 7. The summed E-state index contributed by atoms with van der Waals surface area (Å²) in [6.07, 6.45) is 0. The summed E-state index contributed by atoms with van der Waals surface area (Å²) in [5.41, 5.74) is 1.69. The third-order valence-corrected chi connectivity index (χ3v) is 6.27. The number of benzene rings is 2. The van der Waals surface area contributed by atoms with Crippen LogP contribution in [0.4, 0.5) is 4.79 Å². The molecule has 172 valence electrons. The SMILES string of the molecule is CN1CC(C)(C)C(=O)N(C[C@@H](N(Cc2ccccc2)Cc2ccccc2)C(C)(C)C)C1=O. The van der Waals surface area contributed by atoms with Gasteiger partial charge in [-0.25, -0.2) is 4.79 Å². The van der Waals surface area contributed by atoms with Gasteiger partial charge in [-0.3, -0.25) is 14.6 Å². The molecule has 1 fully saturated rings. The van der Waals surface area contributed by atoms with Crippen molar-refractivity contribution < 1.29 is 9.59 Å². The fourth-order valence-corrected chi connectivity index (χ4v) is 4.57. The fraction of sp³-hybridized carbons (Fsp3) is 0.481. The van der Waals surface area contributed by atoms with Gasteiger partial charge in [-0.2, -0.15) is 0 Å². The van der Waals surface area contributed by atoms with Crippen LogP contribution in [-0.4, -0.2) is 52.8 Å². The Morgan fingerprint density at radius 3 is 1.81 bits per heavy atom. The molecule has 1 aliphatic rings. The molecular formula is C27H37N3O2. The van der Waals surface area contributed by atoms with Gasteiger partial charge in [0.25, 0.3) is 0 Å². The smallest absolute Gasteiger partial charge is 0.326 e. The van der Waals surface area contributed by atoms with Crippen molar-refractivity contribution in [3.05, 3.63) is 71.8 Å². The molecule has 2 aromatic carbocycles. The van der Waals surface area contributed by atoms with E-state index in [9.17, 15) is 9.59 Å². The molecule has 5 heteroatoms. The first kappa shape index (κ1) is 24.0. The largest absolute Gasteiger partial charge is 0.326 e. The van der Waals surface area contributed by atoms with Crippen molar-refractivity contribution >= 4 is 11.9 Å². The maximum atomic E-state index is 13.3. The Labute approximate surface area is 193 Å². The van der Waals surface area contributed by atoms with Crippen LogP contribution in [0.1, 0.15) is 45.7 Å². The predicted octanol–water partition coefficient (Wildman–Crippen LogP) is 5.02. The van der Waals surface area contributed by atoms with Crippen LogP contribution < -0.4 is 0 Å². The van der Waals surface area contributed by atoms with E-state index in [1.54, 1.807) is 11.9 Å². The average molecular weight is 436 g/mol. The van der Waals surface area contributed by atoms with E-state index >= 15 is 0 Å². The molecule has 1 saturated heterocycles. The van der Waals surface area contributed by atoms with Crippen LogP contribution in [0.5, 0.6) is 0 Å². The molecule has 2 aromatic rings. The van der Waals surface area contributed by atoms with E-state index < -0.39 is 5.41 Å². The van der Waals surface area contributed by atoms with Crippen LogP contribution in [0.15, 0.2) is 60.7 Å². The Kier molecular flexibility index (Phi) is 7.09. The minimum atomic E-state index is -0.589. The lowest BCUT2D eigenvalue weighted by atomic mass is 9.83. The first-order valence-corrected chi connectivity index (χ1v) is 11.4. The number of carbonyl (C=O) groups excluding carboxylic acids is 2. The molecule has 0 aromatic heterocycles. The minimum Gasteiger partial charge on any atom is -0.326 e. The Hall–Kier alpha value is -2.66. The number of urea groups is 1. The highest BCUT2D eigenvalue weighted by Crippen LogP contribution is 2.32. The van der Waals surface area contributed by atoms with E-state index in [2.05, 4.69) is 74.2 Å². The molecule has 3 amide bonds. The van der Waals surface area contributed by atoms with Gasteiger partial charge in [0.2, 0.25) is 5.91 Å². The van der Waals surface area contributed by atoms with Gasteiger partial charge in [0.1, 0.15) is 0 Å². The molecule has 1 aliphatic heterocycles. The van der Waals surface area contributed by atoms with Crippen molar-refractivity contribution in [1.82, 2.24) is 14.7 Å². The van der Waals surface area contributed by atoms with Crippen molar-refractivity contribution in [2.75, 3.05) is 20.1 Å². The third kappa shape index (κ3) is 5.57. The van der Waals surface area contributed by atoms with Gasteiger partial charge in [0, 0.05) is 39.3 Å². The lowest BCUT2D eigenvalue weighted by Gasteiger charge is -2.46. The topological polar surface area (TPSA) is 43.9 Å². The van der Waals surface area contributed by atoms with Crippen molar-refractivity contribution in [2.24, 2.45) is 10.8 Å². The lowest BCUT2D eigenvalue weighted by molar-refractivity contribution is -0.143. The summed E-state index contributed by atoms with van der Waals surface area (Å²) in [6.45, 7) is 12.7. The van der Waals surface area contributed by atoms with Crippen molar-refractivity contribution in [2.45, 2.75) is 53.8 Å². The van der Waals surface area contributed by atoms with Gasteiger partial charge >= 0.3 is 6.03 Å². The zero-order valence-corrected chi connectivity index (χ0v) is 20.3. The van der Waals surface area contributed by atoms with Crippen molar-refractivity contribution in [1.29, 1.82) is 0 Å². The molecule has 0 N–H and O–H groups in total. The quantitative estimate of drug-likeness (QED) is 0.613. The van der Waals surface area contributed by atoms with Crippen LogP contribution >= 0.6 is 0 Å². The molecular weight excluding hydrogens is 398 g/mol. The van der Waals surface area contributed by atoms with E-state index in [1.807, 2.05) is 26.0 Å². The molecule has 1 heterocycles. The standard InChI is InChI=1S/C27H37N3O2/c1-26(2,3)23(19-30-24(31)27(4,5)20-28(6)25(30)32)29(17-21-13-9-7-10-14-21)18-22-15-11-8-12-16-22/h7-16,23H,17-20H2,1-6H3/t23-/m1/s1. The Bertz CT molecular complexity index is 877. The highest BCUT2D eigenvalue weighted by atomic mass is 16.2. The molecule has 3 rings (SSSR count). The van der Waals surface area contributed by atoms with E-state index in [-0.39, 0.29) is 23.4 Å². The second-order valence-corrected chi connectivity index (χ2v) is 10.7. The molecule has 0 radical (unpaired) electrons. The third-order valence-electron chi connectivity index (χ3n) is 6.27. The summed E-state index contributed by atoms with van der Waals surface area (Å²) in [4.78, 5) is 31.9. The maximum absolute atomic E-state index is 13.3. The van der Waals surface area contributed by atoms with Crippen LogP contribution in [0.3, 0.4) is 0 Å². The van der Waals surface area contributed by atoms with Crippen LogP contribution in [-0.2, 0) is 17.9 Å². The van der Waals surface area contributed by atoms with Gasteiger partial charge in [-0.1, -0.05) is 81.4 Å². The van der Waals surface area contributed by atoms with Crippen LogP contribution in [0.25, 0.3) is 0 Å². The van der Waals surface area contributed by atoms with E-state index in [4.69, 9.17) is 0 Å². The number of carbonyl (C=O) groups is 2. The summed E-state index contributed by atoms with van der Waals surface area (Å²) >= 11 is 0. The van der Waals surface area contributed by atoms with Gasteiger partial charge < -0.3 is 4.90 Å². The fourth-order valence-electron chi connectivity index (χ4n) is 4.57. The van der Waals surface area contributed by atoms with Gasteiger partial charge in [-0.05, 0) is 30.4 Å². The summed E-state index contributed by atoms with van der Waals surface area (Å²) in [6, 6.07) is 20.6. The van der Waals surface area contributed by atoms with E-state index in [0.29, 0.717) is 13.1 Å². The molecule has 5 nitrogen and oxygen atoms in total. The zero-order valence-electron chi connectivity index (χ0n) is 20.3. The van der Waals surface area contributed by atoms with Gasteiger partial charge in [0.05, 0.1) is 5.41 Å². The molecule has 32 heavy (non-hydrogen) atoms. The number of imide groups is 1. The second-order valence-electron chi connectivity index (χ2n) is 10.7. The maximum Gasteiger partial charge on any atom is 0.326 e.